The van der Waals surface area contributed by atoms with Crippen LogP contribution in [0.25, 0.3) is 5.57 Å². The Kier molecular flexibility index (Phi) is 8.21. The summed E-state index contributed by atoms with van der Waals surface area (Å²) >= 11 is 6.38. The van der Waals surface area contributed by atoms with Crippen molar-refractivity contribution in [1.82, 2.24) is 0 Å². The van der Waals surface area contributed by atoms with Gasteiger partial charge in [-0.15, -0.1) is 0 Å². The van der Waals surface area contributed by atoms with E-state index in [0.29, 0.717) is 5.02 Å². The molecular formula is C26H36ClF. The molecule has 2 aliphatic carbocycles. The molecule has 0 aliphatic heterocycles. The number of allylic oxidation sites excluding steroid dienone is 4. The van der Waals surface area contributed by atoms with Gasteiger partial charge in [0.25, 0.3) is 0 Å². The summed E-state index contributed by atoms with van der Waals surface area (Å²) in [5, 5.41) is 0.346. The second-order valence-electron chi connectivity index (χ2n) is 8.82. The van der Waals surface area contributed by atoms with Crippen molar-refractivity contribution in [3.63, 3.8) is 0 Å². The quantitative estimate of drug-likeness (QED) is 0.315. The Hall–Kier alpha value is -1.08. The molecule has 1 aromatic carbocycles. The molecule has 0 nitrogen and oxygen atoms in total. The van der Waals surface area contributed by atoms with Crippen LogP contribution in [0.4, 0.5) is 4.39 Å². The van der Waals surface area contributed by atoms with Gasteiger partial charge in [0.1, 0.15) is 5.82 Å². The van der Waals surface area contributed by atoms with E-state index in [-0.39, 0.29) is 5.82 Å². The van der Waals surface area contributed by atoms with E-state index >= 15 is 0 Å². The number of unbranched alkanes of at least 4 members (excludes halogenated alkanes) is 2. The third-order valence-corrected chi connectivity index (χ3v) is 7.37. The Labute approximate surface area is 176 Å². The number of rotatable bonds is 7. The van der Waals surface area contributed by atoms with Crippen molar-refractivity contribution in [3.8, 4) is 0 Å². The molecule has 0 N–H and O–H groups in total. The predicted octanol–water partition coefficient (Wildman–Crippen LogP) is 8.78. The van der Waals surface area contributed by atoms with Gasteiger partial charge in [-0.1, -0.05) is 61.7 Å². The molecule has 1 fully saturated rings. The lowest BCUT2D eigenvalue weighted by Crippen LogP contribution is -2.22. The topological polar surface area (TPSA) is 0 Å². The zero-order valence-corrected chi connectivity index (χ0v) is 18.4. The van der Waals surface area contributed by atoms with Crippen LogP contribution in [0.2, 0.25) is 5.02 Å². The van der Waals surface area contributed by atoms with E-state index in [1.165, 1.54) is 50.5 Å². The predicted molar refractivity (Wildman–Crippen MR) is 120 cm³/mol. The second kappa shape index (κ2) is 10.6. The summed E-state index contributed by atoms with van der Waals surface area (Å²) in [6, 6.07) is 4.02. The van der Waals surface area contributed by atoms with Gasteiger partial charge in [0.15, 0.2) is 0 Å². The molecular weight excluding hydrogens is 367 g/mol. The fraction of sp³-hybridized carbons (Fsp3) is 0.615. The average Bonchev–Trinajstić information content (AvgIpc) is 2.72. The summed E-state index contributed by atoms with van der Waals surface area (Å²) in [7, 11) is 0. The van der Waals surface area contributed by atoms with Gasteiger partial charge < -0.3 is 0 Å². The summed E-state index contributed by atoms with van der Waals surface area (Å²) in [6.45, 7) is 4.31. The number of hydrogen-bond donors (Lipinski definition) is 0. The highest BCUT2D eigenvalue weighted by Crippen LogP contribution is 2.42. The van der Waals surface area contributed by atoms with Crippen LogP contribution in [0, 0.1) is 23.6 Å². The van der Waals surface area contributed by atoms with E-state index in [4.69, 9.17) is 11.6 Å². The fourth-order valence-corrected chi connectivity index (χ4v) is 5.46. The molecule has 1 saturated carbocycles. The molecule has 0 aromatic heterocycles. The van der Waals surface area contributed by atoms with Crippen molar-refractivity contribution in [3.05, 3.63) is 52.3 Å². The van der Waals surface area contributed by atoms with E-state index in [0.717, 1.165) is 54.6 Å². The van der Waals surface area contributed by atoms with Crippen molar-refractivity contribution in [2.24, 2.45) is 17.8 Å². The fourth-order valence-electron chi connectivity index (χ4n) is 5.20. The lowest BCUT2D eigenvalue weighted by molar-refractivity contribution is 0.212. The zero-order chi connectivity index (χ0) is 19.9. The highest BCUT2D eigenvalue weighted by molar-refractivity contribution is 6.31. The van der Waals surface area contributed by atoms with Crippen molar-refractivity contribution in [2.45, 2.75) is 84.5 Å². The molecule has 0 saturated heterocycles. The second-order valence-corrected chi connectivity index (χ2v) is 9.20. The van der Waals surface area contributed by atoms with E-state index in [1.807, 2.05) is 12.1 Å². The summed E-state index contributed by atoms with van der Waals surface area (Å²) in [5.74, 6) is 2.23. The van der Waals surface area contributed by atoms with Crippen LogP contribution in [0.3, 0.4) is 0 Å². The van der Waals surface area contributed by atoms with Crippen LogP contribution in [0.1, 0.15) is 89.2 Å². The van der Waals surface area contributed by atoms with Crippen molar-refractivity contribution in [1.29, 1.82) is 0 Å². The zero-order valence-electron chi connectivity index (χ0n) is 17.7. The molecule has 1 unspecified atom stereocenters. The molecule has 3 rings (SSSR count). The largest absolute Gasteiger partial charge is 0.205 e. The van der Waals surface area contributed by atoms with Gasteiger partial charge in [0.2, 0.25) is 0 Å². The molecule has 0 radical (unpaired) electrons. The smallest absolute Gasteiger partial charge is 0.149 e. The van der Waals surface area contributed by atoms with Crippen molar-refractivity contribution >= 4 is 17.2 Å². The lowest BCUT2D eigenvalue weighted by atomic mass is 9.71. The van der Waals surface area contributed by atoms with Crippen LogP contribution >= 0.6 is 11.6 Å². The minimum atomic E-state index is -0.202. The molecule has 0 spiro atoms. The van der Waals surface area contributed by atoms with E-state index < -0.39 is 0 Å². The standard InChI is InChI=1S/C26H36ClF/c1-3-5-6-8-23-17-18-24(26(28)25(23)27)22-15-13-21(14-16-22)20-11-9-19(7-4-2)10-12-20/h4,7,15,17-21H,3,5-6,8-14,16H2,1-2H3. The maximum atomic E-state index is 14.9. The molecule has 0 bridgehead atoms. The van der Waals surface area contributed by atoms with E-state index in [2.05, 4.69) is 32.1 Å². The minimum Gasteiger partial charge on any atom is -0.205 e. The first-order valence-corrected chi connectivity index (χ1v) is 11.8. The van der Waals surface area contributed by atoms with Crippen LogP contribution in [-0.4, -0.2) is 0 Å². The van der Waals surface area contributed by atoms with Gasteiger partial charge in [0.05, 0.1) is 5.02 Å². The molecule has 0 amide bonds. The van der Waals surface area contributed by atoms with Crippen molar-refractivity contribution < 1.29 is 4.39 Å². The Bertz CT molecular complexity index is 695. The highest BCUT2D eigenvalue weighted by Gasteiger charge is 2.28. The van der Waals surface area contributed by atoms with Crippen molar-refractivity contribution in [2.75, 3.05) is 0 Å². The van der Waals surface area contributed by atoms with E-state index in [1.54, 1.807) is 0 Å². The summed E-state index contributed by atoms with van der Waals surface area (Å²) in [6.07, 6.45) is 19.9. The van der Waals surface area contributed by atoms with Gasteiger partial charge in [-0.25, -0.2) is 4.39 Å². The Morgan fingerprint density at radius 3 is 2.50 bits per heavy atom. The molecule has 1 atom stereocenters. The number of benzene rings is 1. The molecule has 2 aliphatic rings. The van der Waals surface area contributed by atoms with Crippen LogP contribution in [-0.2, 0) is 6.42 Å². The summed E-state index contributed by atoms with van der Waals surface area (Å²) in [5.41, 5.74) is 2.86. The van der Waals surface area contributed by atoms with Gasteiger partial charge in [-0.3, -0.25) is 0 Å². The number of halogens is 2. The average molecular weight is 403 g/mol. The normalized spacial score (nSPS) is 25.9. The Morgan fingerprint density at radius 2 is 1.86 bits per heavy atom. The number of aryl methyl sites for hydroxylation is 1. The first-order chi connectivity index (χ1) is 13.6. The Balaban J connectivity index is 1.61. The maximum Gasteiger partial charge on any atom is 0.149 e. The lowest BCUT2D eigenvalue weighted by Gasteiger charge is -2.35. The third kappa shape index (κ3) is 5.29. The van der Waals surface area contributed by atoms with Crippen LogP contribution in [0.15, 0.2) is 30.4 Å². The van der Waals surface area contributed by atoms with Crippen LogP contribution < -0.4 is 0 Å². The molecule has 1 aromatic rings. The van der Waals surface area contributed by atoms with E-state index in [9.17, 15) is 4.39 Å². The minimum absolute atomic E-state index is 0.202. The van der Waals surface area contributed by atoms with Gasteiger partial charge in [-0.2, -0.15) is 0 Å². The molecule has 154 valence electrons. The Morgan fingerprint density at radius 1 is 1.07 bits per heavy atom. The molecule has 2 heteroatoms. The first-order valence-electron chi connectivity index (χ1n) is 11.4. The summed E-state index contributed by atoms with van der Waals surface area (Å²) in [4.78, 5) is 0. The third-order valence-electron chi connectivity index (χ3n) is 6.96. The SMILES string of the molecule is CC=CC1CCC(C2CC=C(c3ccc(CCCCC)c(Cl)c3F)CC2)CC1. The summed E-state index contributed by atoms with van der Waals surface area (Å²) < 4.78 is 14.9. The van der Waals surface area contributed by atoms with Gasteiger partial charge in [0, 0.05) is 5.56 Å². The monoisotopic (exact) mass is 402 g/mol. The van der Waals surface area contributed by atoms with Crippen LogP contribution in [0.5, 0.6) is 0 Å². The van der Waals surface area contributed by atoms with Gasteiger partial charge >= 0.3 is 0 Å². The first kappa shape index (κ1) is 21.6. The maximum absolute atomic E-state index is 14.9. The molecule has 0 heterocycles. The highest BCUT2D eigenvalue weighted by atomic mass is 35.5. The van der Waals surface area contributed by atoms with Gasteiger partial charge in [-0.05, 0) is 93.6 Å². The number of hydrogen-bond acceptors (Lipinski definition) is 0. The molecule has 28 heavy (non-hydrogen) atoms.